The Morgan fingerprint density at radius 1 is 1.07 bits per heavy atom. The first kappa shape index (κ1) is 18.9. The van der Waals surface area contributed by atoms with Crippen LogP contribution in [-0.4, -0.2) is 22.6 Å². The first-order valence-corrected chi connectivity index (χ1v) is 9.93. The zero-order chi connectivity index (χ0) is 19.1. The van der Waals surface area contributed by atoms with E-state index < -0.39 is 5.91 Å². The quantitative estimate of drug-likeness (QED) is 0.467. The highest BCUT2D eigenvalue weighted by Crippen LogP contribution is 2.37. The lowest BCUT2D eigenvalue weighted by molar-refractivity contribution is -0.115. The molecule has 2 aromatic carbocycles. The molecule has 3 rings (SSSR count). The summed E-state index contributed by atoms with van der Waals surface area (Å²) >= 11 is 2.58. The maximum atomic E-state index is 12.3. The van der Waals surface area contributed by atoms with Crippen molar-refractivity contribution in [1.29, 1.82) is 0 Å². The Morgan fingerprint density at radius 2 is 1.74 bits per heavy atom. The summed E-state index contributed by atoms with van der Waals surface area (Å²) in [5.74, 6) is -0.512. The number of carbonyl (C=O) groups is 2. The third kappa shape index (κ3) is 5.54. The van der Waals surface area contributed by atoms with Gasteiger partial charge in [-0.05, 0) is 11.6 Å². The molecule has 0 aliphatic heterocycles. The predicted octanol–water partition coefficient (Wildman–Crippen LogP) is 4.04. The second-order valence-corrected chi connectivity index (χ2v) is 7.73. The molecule has 136 valence electrons. The van der Waals surface area contributed by atoms with E-state index in [9.17, 15) is 9.59 Å². The van der Waals surface area contributed by atoms with Gasteiger partial charge < -0.3 is 11.1 Å². The average Bonchev–Trinajstić information content (AvgIpc) is 3.09. The summed E-state index contributed by atoms with van der Waals surface area (Å²) in [5.41, 5.74) is 7.72. The highest BCUT2D eigenvalue weighted by atomic mass is 32.2. The minimum Gasteiger partial charge on any atom is -0.369 e. The van der Waals surface area contributed by atoms with Crippen LogP contribution in [0.1, 0.15) is 5.56 Å². The van der Waals surface area contributed by atoms with E-state index >= 15 is 0 Å². The Morgan fingerprint density at radius 3 is 2.41 bits per heavy atom. The molecule has 0 bridgehead atoms. The number of anilines is 1. The molecule has 3 aromatic rings. The van der Waals surface area contributed by atoms with E-state index in [0.29, 0.717) is 15.0 Å². The Labute approximate surface area is 165 Å². The number of nitrogens with zero attached hydrogens (tertiary/aromatic N) is 1. The second-order valence-electron chi connectivity index (χ2n) is 5.51. The van der Waals surface area contributed by atoms with E-state index in [1.54, 1.807) is 6.08 Å². The second kappa shape index (κ2) is 9.16. The Hall–Kier alpha value is -2.90. The summed E-state index contributed by atoms with van der Waals surface area (Å²) < 4.78 is 0.676. The minimum atomic E-state index is -0.409. The van der Waals surface area contributed by atoms with Crippen molar-refractivity contribution in [3.05, 3.63) is 72.3 Å². The molecule has 0 fully saturated rings. The van der Waals surface area contributed by atoms with Crippen molar-refractivity contribution in [3.8, 4) is 11.3 Å². The molecule has 0 aliphatic rings. The van der Waals surface area contributed by atoms with Crippen molar-refractivity contribution in [1.82, 2.24) is 4.98 Å². The maximum absolute atomic E-state index is 12.3. The Bertz CT molecular complexity index is 954. The lowest BCUT2D eigenvalue weighted by Gasteiger charge is -2.02. The van der Waals surface area contributed by atoms with E-state index in [-0.39, 0.29) is 11.7 Å². The zero-order valence-corrected chi connectivity index (χ0v) is 15.9. The molecular formula is C20H17N3O2S2. The molecule has 0 saturated carbocycles. The van der Waals surface area contributed by atoms with Crippen molar-refractivity contribution in [2.24, 2.45) is 5.73 Å². The number of thioether (sulfide) groups is 1. The molecule has 0 aliphatic carbocycles. The normalized spacial score (nSPS) is 10.8. The summed E-state index contributed by atoms with van der Waals surface area (Å²) in [6.07, 6.45) is 3.24. The highest BCUT2D eigenvalue weighted by Gasteiger charge is 2.15. The van der Waals surface area contributed by atoms with Crippen LogP contribution >= 0.6 is 23.1 Å². The van der Waals surface area contributed by atoms with Crippen LogP contribution < -0.4 is 11.1 Å². The summed E-state index contributed by atoms with van der Waals surface area (Å²) in [6, 6.07) is 19.2. The van der Waals surface area contributed by atoms with Gasteiger partial charge in [-0.15, -0.1) is 0 Å². The van der Waals surface area contributed by atoms with Crippen LogP contribution in [0, 0.1) is 0 Å². The number of thiazole rings is 1. The third-order valence-corrected chi connectivity index (χ3v) is 5.59. The lowest BCUT2D eigenvalue weighted by Crippen LogP contribution is -2.12. The van der Waals surface area contributed by atoms with Crippen molar-refractivity contribution in [2.45, 2.75) is 4.34 Å². The van der Waals surface area contributed by atoms with Crippen molar-refractivity contribution < 1.29 is 9.59 Å². The molecule has 3 N–H and O–H groups in total. The molecular weight excluding hydrogens is 378 g/mol. The van der Waals surface area contributed by atoms with Crippen LogP contribution in [0.3, 0.4) is 0 Å². The van der Waals surface area contributed by atoms with E-state index in [0.717, 1.165) is 11.1 Å². The molecule has 0 saturated heterocycles. The highest BCUT2D eigenvalue weighted by molar-refractivity contribution is 8.01. The van der Waals surface area contributed by atoms with Crippen LogP contribution in [0.5, 0.6) is 0 Å². The van der Waals surface area contributed by atoms with Gasteiger partial charge >= 0.3 is 0 Å². The number of nitrogens with two attached hydrogens (primary N) is 1. The number of benzene rings is 2. The predicted molar refractivity (Wildman–Crippen MR) is 112 cm³/mol. The monoisotopic (exact) mass is 395 g/mol. The Balaban J connectivity index is 1.81. The zero-order valence-electron chi connectivity index (χ0n) is 14.3. The number of nitrogens with one attached hydrogen (secondary N) is 1. The van der Waals surface area contributed by atoms with Gasteiger partial charge in [0.2, 0.25) is 11.8 Å². The summed E-state index contributed by atoms with van der Waals surface area (Å²) in [6.45, 7) is 0. The molecule has 27 heavy (non-hydrogen) atoms. The fourth-order valence-electron chi connectivity index (χ4n) is 2.26. The molecule has 0 radical (unpaired) electrons. The number of primary amides is 1. The number of aromatic nitrogens is 1. The van der Waals surface area contributed by atoms with E-state index in [1.165, 1.54) is 29.2 Å². The molecule has 2 amide bonds. The van der Waals surface area contributed by atoms with Gasteiger partial charge in [0, 0.05) is 11.6 Å². The molecule has 0 atom stereocenters. The van der Waals surface area contributed by atoms with Gasteiger partial charge in [-0.1, -0.05) is 83.8 Å². The standard InChI is InChI=1S/C20H17N3O2S2/c21-16(24)13-26-20-23-18(15-9-5-2-6-10-15)19(27-20)22-17(25)12-11-14-7-3-1-4-8-14/h1-12H,13H2,(H2,21,24)(H,22,25). The number of carbonyl (C=O) groups excluding carboxylic acids is 2. The molecule has 0 unspecified atom stereocenters. The van der Waals surface area contributed by atoms with Gasteiger partial charge in [0.05, 0.1) is 5.75 Å². The number of amides is 2. The fraction of sp³-hybridized carbons (Fsp3) is 0.0500. The number of hydrogen-bond donors (Lipinski definition) is 2. The molecule has 1 heterocycles. The van der Waals surface area contributed by atoms with Gasteiger partial charge in [-0.25, -0.2) is 4.98 Å². The third-order valence-electron chi connectivity index (χ3n) is 3.46. The van der Waals surface area contributed by atoms with Crippen LogP contribution in [-0.2, 0) is 9.59 Å². The van der Waals surface area contributed by atoms with Gasteiger partial charge in [0.25, 0.3) is 0 Å². The van der Waals surface area contributed by atoms with Gasteiger partial charge in [0.1, 0.15) is 10.7 Å². The van der Waals surface area contributed by atoms with Gasteiger partial charge in [0.15, 0.2) is 4.34 Å². The van der Waals surface area contributed by atoms with Crippen molar-refractivity contribution in [2.75, 3.05) is 11.1 Å². The van der Waals surface area contributed by atoms with E-state index in [1.807, 2.05) is 60.7 Å². The SMILES string of the molecule is NC(=O)CSc1nc(-c2ccccc2)c(NC(=O)C=Cc2ccccc2)s1. The van der Waals surface area contributed by atoms with Crippen LogP contribution in [0.15, 0.2) is 71.1 Å². The van der Waals surface area contributed by atoms with Gasteiger partial charge in [-0.3, -0.25) is 9.59 Å². The molecule has 1 aromatic heterocycles. The minimum absolute atomic E-state index is 0.142. The first-order chi connectivity index (χ1) is 13.1. The number of hydrogen-bond acceptors (Lipinski definition) is 5. The largest absolute Gasteiger partial charge is 0.369 e. The van der Waals surface area contributed by atoms with Crippen LogP contribution in [0.25, 0.3) is 17.3 Å². The maximum Gasteiger partial charge on any atom is 0.249 e. The van der Waals surface area contributed by atoms with Crippen LogP contribution in [0.2, 0.25) is 0 Å². The summed E-state index contributed by atoms with van der Waals surface area (Å²) in [7, 11) is 0. The first-order valence-electron chi connectivity index (χ1n) is 8.13. The van der Waals surface area contributed by atoms with Crippen LogP contribution in [0.4, 0.5) is 5.00 Å². The molecule has 0 spiro atoms. The average molecular weight is 396 g/mol. The molecule has 7 heteroatoms. The molecule has 5 nitrogen and oxygen atoms in total. The van der Waals surface area contributed by atoms with Gasteiger partial charge in [-0.2, -0.15) is 0 Å². The summed E-state index contributed by atoms with van der Waals surface area (Å²) in [4.78, 5) is 27.9. The van der Waals surface area contributed by atoms with Crippen molar-refractivity contribution in [3.63, 3.8) is 0 Å². The fourth-order valence-corrected chi connectivity index (χ4v) is 4.07. The van der Waals surface area contributed by atoms with E-state index in [4.69, 9.17) is 5.73 Å². The smallest absolute Gasteiger partial charge is 0.249 e. The van der Waals surface area contributed by atoms with Crippen molar-refractivity contribution >= 4 is 46.0 Å². The lowest BCUT2D eigenvalue weighted by atomic mass is 10.1. The number of rotatable bonds is 7. The topological polar surface area (TPSA) is 85.1 Å². The Kier molecular flexibility index (Phi) is 6.40. The summed E-state index contributed by atoms with van der Waals surface area (Å²) in [5, 5.41) is 3.52. The van der Waals surface area contributed by atoms with E-state index in [2.05, 4.69) is 10.3 Å².